The molecule has 0 aliphatic carbocycles. The number of hydrogen-bond donors (Lipinski definition) is 1. The first-order valence-corrected chi connectivity index (χ1v) is 10.3. The Balaban J connectivity index is 2.24. The first-order chi connectivity index (χ1) is 14.2. The predicted molar refractivity (Wildman–Crippen MR) is 111 cm³/mol. The number of phenols is 1. The molecular formula is C24H28F3NO2. The van der Waals surface area contributed by atoms with Gasteiger partial charge in [-0.15, -0.1) is 0 Å². The van der Waals surface area contributed by atoms with Crippen molar-refractivity contribution in [3.63, 3.8) is 0 Å². The zero-order valence-electron chi connectivity index (χ0n) is 17.6. The standard InChI is InChI=1S/C24H28F3NO2/c1-4-17-13-21(18-9-7-10-19(12-18)24(25,26)27)22(29)14-23(17)30-20(15-28)11-6-5-8-16(2)3/h7,9-10,12-14,16,20,29H,4-6,8,11H2,1-3H3. The van der Waals surface area contributed by atoms with Gasteiger partial charge in [0.1, 0.15) is 17.6 Å². The van der Waals surface area contributed by atoms with Gasteiger partial charge in [0.25, 0.3) is 0 Å². The quantitative estimate of drug-likeness (QED) is 0.440. The summed E-state index contributed by atoms with van der Waals surface area (Å²) in [5.41, 5.74) is 0.524. The van der Waals surface area contributed by atoms with Gasteiger partial charge in [-0.1, -0.05) is 45.7 Å². The van der Waals surface area contributed by atoms with E-state index in [-0.39, 0.29) is 11.3 Å². The van der Waals surface area contributed by atoms with E-state index in [4.69, 9.17) is 4.74 Å². The number of phenolic OH excluding ortho intramolecular Hbond substituents is 1. The van der Waals surface area contributed by atoms with Crippen LogP contribution in [0, 0.1) is 17.2 Å². The van der Waals surface area contributed by atoms with Crippen LogP contribution in [-0.4, -0.2) is 11.2 Å². The summed E-state index contributed by atoms with van der Waals surface area (Å²) in [6, 6.07) is 10.0. The molecule has 30 heavy (non-hydrogen) atoms. The summed E-state index contributed by atoms with van der Waals surface area (Å²) in [7, 11) is 0. The third-order valence-corrected chi connectivity index (χ3v) is 4.97. The fourth-order valence-electron chi connectivity index (χ4n) is 3.28. The number of hydrogen-bond acceptors (Lipinski definition) is 3. The van der Waals surface area contributed by atoms with Gasteiger partial charge in [0.2, 0.25) is 0 Å². The number of nitrogens with zero attached hydrogens (tertiary/aromatic N) is 1. The molecule has 1 unspecified atom stereocenters. The zero-order chi connectivity index (χ0) is 22.3. The molecule has 2 rings (SSSR count). The lowest BCUT2D eigenvalue weighted by molar-refractivity contribution is -0.137. The number of rotatable bonds is 9. The minimum Gasteiger partial charge on any atom is -0.507 e. The third-order valence-electron chi connectivity index (χ3n) is 4.97. The molecule has 0 radical (unpaired) electrons. The molecule has 0 spiro atoms. The monoisotopic (exact) mass is 419 g/mol. The largest absolute Gasteiger partial charge is 0.507 e. The van der Waals surface area contributed by atoms with Gasteiger partial charge in [0, 0.05) is 11.6 Å². The second-order valence-electron chi connectivity index (χ2n) is 7.82. The van der Waals surface area contributed by atoms with E-state index in [2.05, 4.69) is 19.9 Å². The first kappa shape index (κ1) is 23.6. The average Bonchev–Trinajstić information content (AvgIpc) is 2.69. The van der Waals surface area contributed by atoms with Crippen molar-refractivity contribution in [2.24, 2.45) is 5.92 Å². The minimum atomic E-state index is -4.46. The Morgan fingerprint density at radius 3 is 2.40 bits per heavy atom. The Kier molecular flexibility index (Phi) is 8.16. The number of aromatic hydroxyl groups is 1. The Morgan fingerprint density at radius 1 is 1.10 bits per heavy atom. The van der Waals surface area contributed by atoms with E-state index >= 15 is 0 Å². The van der Waals surface area contributed by atoms with Gasteiger partial charge in [-0.3, -0.25) is 0 Å². The molecule has 0 aliphatic rings. The molecule has 2 aromatic carbocycles. The highest BCUT2D eigenvalue weighted by Crippen LogP contribution is 2.38. The van der Waals surface area contributed by atoms with Gasteiger partial charge in [0.05, 0.1) is 5.56 Å². The van der Waals surface area contributed by atoms with Crippen LogP contribution in [0.15, 0.2) is 36.4 Å². The van der Waals surface area contributed by atoms with E-state index in [9.17, 15) is 23.5 Å². The van der Waals surface area contributed by atoms with Crippen LogP contribution in [0.5, 0.6) is 11.5 Å². The van der Waals surface area contributed by atoms with E-state index in [1.165, 1.54) is 18.2 Å². The smallest absolute Gasteiger partial charge is 0.416 e. The molecule has 1 N–H and O–H groups in total. The maximum atomic E-state index is 13.0. The second-order valence-corrected chi connectivity index (χ2v) is 7.82. The van der Waals surface area contributed by atoms with Gasteiger partial charge >= 0.3 is 6.18 Å². The Bertz CT molecular complexity index is 885. The van der Waals surface area contributed by atoms with Crippen molar-refractivity contribution < 1.29 is 23.0 Å². The van der Waals surface area contributed by atoms with Crippen molar-refractivity contribution in [3.8, 4) is 28.7 Å². The van der Waals surface area contributed by atoms with Crippen LogP contribution in [-0.2, 0) is 12.6 Å². The molecular weight excluding hydrogens is 391 g/mol. The highest BCUT2D eigenvalue weighted by molar-refractivity contribution is 5.73. The average molecular weight is 419 g/mol. The van der Waals surface area contributed by atoms with Gasteiger partial charge in [-0.05, 0) is 54.5 Å². The number of aryl methyl sites for hydroxylation is 1. The van der Waals surface area contributed by atoms with E-state index in [1.807, 2.05) is 6.92 Å². The van der Waals surface area contributed by atoms with Crippen LogP contribution in [0.1, 0.15) is 57.6 Å². The van der Waals surface area contributed by atoms with E-state index in [0.717, 1.165) is 37.0 Å². The summed E-state index contributed by atoms with van der Waals surface area (Å²) in [4.78, 5) is 0. The van der Waals surface area contributed by atoms with Crippen LogP contribution in [0.2, 0.25) is 0 Å². The predicted octanol–water partition coefficient (Wildman–Crippen LogP) is 7.13. The third kappa shape index (κ3) is 6.41. The molecule has 0 aromatic heterocycles. The van der Waals surface area contributed by atoms with Crippen molar-refractivity contribution >= 4 is 0 Å². The van der Waals surface area contributed by atoms with Gasteiger partial charge in [0.15, 0.2) is 6.10 Å². The molecule has 0 saturated heterocycles. The summed E-state index contributed by atoms with van der Waals surface area (Å²) >= 11 is 0. The van der Waals surface area contributed by atoms with Gasteiger partial charge < -0.3 is 9.84 Å². The van der Waals surface area contributed by atoms with Gasteiger partial charge in [-0.2, -0.15) is 18.4 Å². The lowest BCUT2D eigenvalue weighted by Crippen LogP contribution is -2.15. The minimum absolute atomic E-state index is 0.182. The molecule has 6 heteroatoms. The number of nitriles is 1. The van der Waals surface area contributed by atoms with Gasteiger partial charge in [-0.25, -0.2) is 0 Å². The van der Waals surface area contributed by atoms with Crippen molar-refractivity contribution in [1.29, 1.82) is 5.26 Å². The fraction of sp³-hybridized carbons (Fsp3) is 0.458. The Morgan fingerprint density at radius 2 is 1.80 bits per heavy atom. The van der Waals surface area contributed by atoms with Crippen molar-refractivity contribution in [2.45, 2.75) is 65.2 Å². The van der Waals surface area contributed by atoms with Crippen LogP contribution in [0.3, 0.4) is 0 Å². The highest BCUT2D eigenvalue weighted by Gasteiger charge is 2.30. The normalized spacial score (nSPS) is 12.6. The Hall–Kier alpha value is -2.68. The molecule has 162 valence electrons. The molecule has 2 aromatic rings. The number of ether oxygens (including phenoxy) is 1. The van der Waals surface area contributed by atoms with Crippen molar-refractivity contribution in [1.82, 2.24) is 0 Å². The van der Waals surface area contributed by atoms with E-state index < -0.39 is 17.8 Å². The number of alkyl halides is 3. The first-order valence-electron chi connectivity index (χ1n) is 10.3. The molecule has 0 bridgehead atoms. The van der Waals surface area contributed by atoms with Crippen LogP contribution < -0.4 is 4.74 Å². The van der Waals surface area contributed by atoms with Crippen LogP contribution in [0.25, 0.3) is 11.1 Å². The van der Waals surface area contributed by atoms with Crippen molar-refractivity contribution in [2.75, 3.05) is 0 Å². The summed E-state index contributed by atoms with van der Waals surface area (Å²) in [6.07, 6.45) is -0.995. The molecule has 0 saturated carbocycles. The molecule has 3 nitrogen and oxygen atoms in total. The summed E-state index contributed by atoms with van der Waals surface area (Å²) < 4.78 is 44.9. The maximum Gasteiger partial charge on any atom is 0.416 e. The fourth-order valence-corrected chi connectivity index (χ4v) is 3.28. The lowest BCUT2D eigenvalue weighted by Gasteiger charge is -2.18. The molecule has 0 aliphatic heterocycles. The SMILES string of the molecule is CCc1cc(-c2cccc(C(F)(F)F)c2)c(O)cc1OC(C#N)CCCCC(C)C. The number of unbranched alkanes of at least 4 members (excludes halogenated alkanes) is 1. The lowest BCUT2D eigenvalue weighted by atomic mass is 9.98. The Labute approximate surface area is 176 Å². The number of halogens is 3. The number of benzene rings is 2. The van der Waals surface area contributed by atoms with Crippen LogP contribution >= 0.6 is 0 Å². The van der Waals surface area contributed by atoms with Crippen molar-refractivity contribution in [3.05, 3.63) is 47.5 Å². The second kappa shape index (κ2) is 10.4. The van der Waals surface area contributed by atoms with E-state index in [1.54, 1.807) is 6.07 Å². The summed E-state index contributed by atoms with van der Waals surface area (Å²) in [6.45, 7) is 6.19. The molecule has 0 fully saturated rings. The molecule has 1 atom stereocenters. The van der Waals surface area contributed by atoms with E-state index in [0.29, 0.717) is 30.1 Å². The molecule has 0 heterocycles. The molecule has 0 amide bonds. The zero-order valence-corrected chi connectivity index (χ0v) is 17.6. The maximum absolute atomic E-state index is 13.0. The summed E-state index contributed by atoms with van der Waals surface area (Å²) in [5.74, 6) is 0.817. The summed E-state index contributed by atoms with van der Waals surface area (Å²) in [5, 5.41) is 19.9. The highest BCUT2D eigenvalue weighted by atomic mass is 19.4. The van der Waals surface area contributed by atoms with Crippen LogP contribution in [0.4, 0.5) is 13.2 Å². The topological polar surface area (TPSA) is 53.2 Å².